The van der Waals surface area contributed by atoms with Gasteiger partial charge in [-0.1, -0.05) is 30.3 Å². The van der Waals surface area contributed by atoms with Gasteiger partial charge in [-0.15, -0.1) is 0 Å². The van der Waals surface area contributed by atoms with Crippen molar-refractivity contribution in [3.8, 4) is 11.1 Å². The molecule has 0 unspecified atom stereocenters. The van der Waals surface area contributed by atoms with Gasteiger partial charge in [-0.05, 0) is 110 Å². The van der Waals surface area contributed by atoms with Gasteiger partial charge in [-0.2, -0.15) is 17.6 Å². The van der Waals surface area contributed by atoms with Gasteiger partial charge in [0, 0.05) is 17.1 Å². The van der Waals surface area contributed by atoms with Gasteiger partial charge >= 0.3 is 12.2 Å². The Labute approximate surface area is 207 Å². The predicted molar refractivity (Wildman–Crippen MR) is 134 cm³/mol. The first kappa shape index (κ1) is 24.1. The van der Waals surface area contributed by atoms with Crippen LogP contribution in [0, 0.1) is 27.7 Å². The fraction of sp³-hybridized carbons (Fsp3) is 0.200. The van der Waals surface area contributed by atoms with E-state index in [0.717, 1.165) is 51.4 Å². The number of nitrogens with zero attached hydrogens (tertiary/aromatic N) is 1. The molecule has 0 saturated heterocycles. The quantitative estimate of drug-likeness (QED) is 0.264. The Balaban J connectivity index is 1.58. The molecular weight excluding hydrogens is 466 g/mol. The van der Waals surface area contributed by atoms with Crippen LogP contribution in [0.3, 0.4) is 0 Å². The molecule has 4 aromatic carbocycles. The number of anilines is 3. The van der Waals surface area contributed by atoms with Crippen molar-refractivity contribution in [3.63, 3.8) is 0 Å². The normalized spacial score (nSPS) is 15.6. The summed E-state index contributed by atoms with van der Waals surface area (Å²) in [5, 5.41) is 0. The van der Waals surface area contributed by atoms with E-state index < -0.39 is 23.3 Å². The summed E-state index contributed by atoms with van der Waals surface area (Å²) < 4.78 is 59.6. The number of halogens is 4. The van der Waals surface area contributed by atoms with E-state index in [2.05, 4.69) is 73.7 Å². The summed E-state index contributed by atoms with van der Waals surface area (Å²) >= 11 is 0. The molecule has 0 bridgehead atoms. The maximum absolute atomic E-state index is 14.1. The highest BCUT2D eigenvalue weighted by atomic mass is 19.3. The second-order valence-corrected chi connectivity index (χ2v) is 9.47. The molecule has 4 aromatic rings. The highest BCUT2D eigenvalue weighted by Gasteiger charge is 2.57. The standard InChI is InChI=1S/C30H25F4NO/c1-18-11-19(2)14-25(13-18)35(26-15-20(3)12-21(4)16-26)24-8-5-22(6-9-24)23-7-10-27-28(17-23)30(33,34)36-29(27,31)32/h5-17H,1-4H3. The van der Waals surface area contributed by atoms with Gasteiger partial charge in [-0.3, -0.25) is 0 Å². The summed E-state index contributed by atoms with van der Waals surface area (Å²) in [7, 11) is 0. The molecule has 2 nitrogen and oxygen atoms in total. The number of aryl methyl sites for hydroxylation is 4. The summed E-state index contributed by atoms with van der Waals surface area (Å²) in [5.41, 5.74) is 6.86. The fourth-order valence-corrected chi connectivity index (χ4v) is 4.90. The molecule has 0 atom stereocenters. The van der Waals surface area contributed by atoms with Crippen molar-refractivity contribution in [2.24, 2.45) is 0 Å². The van der Waals surface area contributed by atoms with Crippen LogP contribution in [0.2, 0.25) is 0 Å². The molecule has 184 valence electrons. The average Bonchev–Trinajstić information content (AvgIpc) is 2.96. The molecule has 0 aromatic heterocycles. The number of hydrogen-bond donors (Lipinski definition) is 0. The van der Waals surface area contributed by atoms with Crippen molar-refractivity contribution in [1.82, 2.24) is 0 Å². The third-order valence-corrected chi connectivity index (χ3v) is 6.29. The van der Waals surface area contributed by atoms with E-state index in [1.165, 1.54) is 6.07 Å². The van der Waals surface area contributed by atoms with Crippen molar-refractivity contribution < 1.29 is 22.3 Å². The fourth-order valence-electron chi connectivity index (χ4n) is 4.90. The zero-order valence-corrected chi connectivity index (χ0v) is 20.4. The number of alkyl halides is 4. The van der Waals surface area contributed by atoms with E-state index in [1.807, 2.05) is 24.3 Å². The van der Waals surface area contributed by atoms with E-state index in [9.17, 15) is 17.6 Å². The van der Waals surface area contributed by atoms with Gasteiger partial charge in [0.1, 0.15) is 0 Å². The Morgan fingerprint density at radius 1 is 0.500 bits per heavy atom. The predicted octanol–water partition coefficient (Wildman–Crippen LogP) is 9.19. The number of ether oxygens (including phenoxy) is 1. The average molecular weight is 492 g/mol. The van der Waals surface area contributed by atoms with Crippen molar-refractivity contribution in [2.45, 2.75) is 39.9 Å². The molecular formula is C30H25F4NO. The monoisotopic (exact) mass is 491 g/mol. The first-order valence-electron chi connectivity index (χ1n) is 11.6. The number of benzene rings is 4. The van der Waals surface area contributed by atoms with Crippen LogP contribution in [-0.2, 0) is 17.0 Å². The highest BCUT2D eigenvalue weighted by molar-refractivity contribution is 5.79. The van der Waals surface area contributed by atoms with Gasteiger partial charge in [0.05, 0.1) is 11.1 Å². The molecule has 6 heteroatoms. The molecule has 0 radical (unpaired) electrons. The Morgan fingerprint density at radius 3 is 1.44 bits per heavy atom. The SMILES string of the molecule is Cc1cc(C)cc(N(c2ccc(-c3ccc4c(c3)C(F)(F)OC4(F)F)cc2)c2cc(C)cc(C)c2)c1. The maximum Gasteiger partial charge on any atom is 0.388 e. The van der Waals surface area contributed by atoms with Crippen molar-refractivity contribution in [1.29, 1.82) is 0 Å². The summed E-state index contributed by atoms with van der Waals surface area (Å²) in [6, 6.07) is 23.6. The topological polar surface area (TPSA) is 12.5 Å². The van der Waals surface area contributed by atoms with E-state index in [1.54, 1.807) is 0 Å². The zero-order chi connectivity index (χ0) is 25.8. The Kier molecular flexibility index (Phi) is 5.67. The third kappa shape index (κ3) is 4.37. The van der Waals surface area contributed by atoms with Crippen LogP contribution in [-0.4, -0.2) is 0 Å². The van der Waals surface area contributed by atoms with Gasteiger partial charge in [-0.25, -0.2) is 4.74 Å². The smallest absolute Gasteiger partial charge is 0.310 e. The molecule has 1 aliphatic heterocycles. The first-order chi connectivity index (χ1) is 16.9. The summed E-state index contributed by atoms with van der Waals surface area (Å²) in [6.45, 7) is 8.21. The molecule has 1 aliphatic rings. The van der Waals surface area contributed by atoms with E-state index >= 15 is 0 Å². The molecule has 36 heavy (non-hydrogen) atoms. The number of hydrogen-bond acceptors (Lipinski definition) is 2. The summed E-state index contributed by atoms with van der Waals surface area (Å²) in [4.78, 5) is 2.15. The van der Waals surface area contributed by atoms with Gasteiger partial charge in [0.25, 0.3) is 0 Å². The summed E-state index contributed by atoms with van der Waals surface area (Å²) in [6.07, 6.45) is -8.06. The second kappa shape index (κ2) is 8.49. The lowest BCUT2D eigenvalue weighted by molar-refractivity contribution is -0.369. The van der Waals surface area contributed by atoms with E-state index in [4.69, 9.17) is 0 Å². The van der Waals surface area contributed by atoms with Crippen LogP contribution in [0.25, 0.3) is 11.1 Å². The minimum absolute atomic E-state index is 0.408. The van der Waals surface area contributed by atoms with Crippen LogP contribution in [0.15, 0.2) is 78.9 Å². The van der Waals surface area contributed by atoms with Crippen molar-refractivity contribution in [2.75, 3.05) is 4.90 Å². The summed E-state index contributed by atoms with van der Waals surface area (Å²) in [5.74, 6) is 0. The molecule has 0 N–H and O–H groups in total. The van der Waals surface area contributed by atoms with Crippen LogP contribution >= 0.6 is 0 Å². The molecule has 0 spiro atoms. The number of fused-ring (bicyclic) bond motifs is 1. The van der Waals surface area contributed by atoms with E-state index in [0.29, 0.717) is 11.1 Å². The van der Waals surface area contributed by atoms with Crippen molar-refractivity contribution in [3.05, 3.63) is 112 Å². The van der Waals surface area contributed by atoms with Crippen LogP contribution < -0.4 is 4.90 Å². The van der Waals surface area contributed by atoms with Crippen LogP contribution in [0.5, 0.6) is 0 Å². The Morgan fingerprint density at radius 2 is 0.944 bits per heavy atom. The number of rotatable bonds is 4. The lowest BCUT2D eigenvalue weighted by Crippen LogP contribution is -2.17. The van der Waals surface area contributed by atoms with E-state index in [-0.39, 0.29) is 0 Å². The molecule has 1 heterocycles. The van der Waals surface area contributed by atoms with Crippen molar-refractivity contribution >= 4 is 17.1 Å². The molecule has 0 amide bonds. The minimum atomic E-state index is -4.04. The van der Waals surface area contributed by atoms with Crippen LogP contribution in [0.1, 0.15) is 33.4 Å². The maximum atomic E-state index is 14.1. The molecule has 0 aliphatic carbocycles. The lowest BCUT2D eigenvalue weighted by Gasteiger charge is -2.27. The second-order valence-electron chi connectivity index (χ2n) is 9.47. The zero-order valence-electron chi connectivity index (χ0n) is 20.4. The first-order valence-corrected chi connectivity index (χ1v) is 11.6. The molecule has 0 fully saturated rings. The Bertz CT molecular complexity index is 1370. The van der Waals surface area contributed by atoms with Gasteiger partial charge in [0.15, 0.2) is 0 Å². The highest BCUT2D eigenvalue weighted by Crippen LogP contribution is 2.51. The van der Waals surface area contributed by atoms with Gasteiger partial charge < -0.3 is 4.90 Å². The molecule has 5 rings (SSSR count). The third-order valence-electron chi connectivity index (χ3n) is 6.29. The minimum Gasteiger partial charge on any atom is -0.310 e. The largest absolute Gasteiger partial charge is 0.388 e. The molecule has 0 saturated carbocycles. The lowest BCUT2D eigenvalue weighted by atomic mass is 9.98. The van der Waals surface area contributed by atoms with Gasteiger partial charge in [0.2, 0.25) is 0 Å². The van der Waals surface area contributed by atoms with Crippen LogP contribution in [0.4, 0.5) is 34.6 Å². The Hall–Kier alpha value is -3.64.